The minimum Gasteiger partial charge on any atom is -0.387 e. The average molecular weight is 249 g/mol. The second-order valence-electron chi connectivity index (χ2n) is 4.19. The molecule has 0 aliphatic carbocycles. The molecule has 0 spiro atoms. The summed E-state index contributed by atoms with van der Waals surface area (Å²) in [6.45, 7) is 0.898. The van der Waals surface area contributed by atoms with Gasteiger partial charge in [0, 0.05) is 37.5 Å². The standard InChI is InChI=1S/C13H16FN3O/c1-17-9-10(7-16-17)6-15-8-13(18)11-4-2-3-5-12(11)14/h2-5,7,9,13,15,18H,6,8H2,1H3. The number of aliphatic hydroxyl groups excluding tert-OH is 1. The Labute approximate surface area is 105 Å². The Morgan fingerprint density at radius 2 is 2.22 bits per heavy atom. The number of hydrogen-bond acceptors (Lipinski definition) is 3. The monoisotopic (exact) mass is 249 g/mol. The summed E-state index contributed by atoms with van der Waals surface area (Å²) >= 11 is 0. The van der Waals surface area contributed by atoms with E-state index in [4.69, 9.17) is 0 Å². The van der Waals surface area contributed by atoms with Crippen molar-refractivity contribution in [2.45, 2.75) is 12.6 Å². The van der Waals surface area contributed by atoms with Crippen molar-refractivity contribution in [3.05, 3.63) is 53.6 Å². The van der Waals surface area contributed by atoms with E-state index in [1.165, 1.54) is 6.07 Å². The summed E-state index contributed by atoms with van der Waals surface area (Å²) in [7, 11) is 1.84. The van der Waals surface area contributed by atoms with Crippen molar-refractivity contribution >= 4 is 0 Å². The van der Waals surface area contributed by atoms with E-state index in [1.807, 2.05) is 13.2 Å². The molecule has 1 heterocycles. The van der Waals surface area contributed by atoms with Gasteiger partial charge in [-0.2, -0.15) is 5.10 Å². The molecule has 18 heavy (non-hydrogen) atoms. The highest BCUT2D eigenvalue weighted by Gasteiger charge is 2.11. The number of halogens is 1. The summed E-state index contributed by atoms with van der Waals surface area (Å²) in [5.74, 6) is -0.381. The normalized spacial score (nSPS) is 12.6. The van der Waals surface area contributed by atoms with Crippen molar-refractivity contribution in [3.8, 4) is 0 Å². The Morgan fingerprint density at radius 3 is 2.89 bits per heavy atom. The highest BCUT2D eigenvalue weighted by Crippen LogP contribution is 2.15. The molecular formula is C13H16FN3O. The van der Waals surface area contributed by atoms with Gasteiger partial charge in [-0.25, -0.2) is 4.39 Å². The summed E-state index contributed by atoms with van der Waals surface area (Å²) in [4.78, 5) is 0. The van der Waals surface area contributed by atoms with Crippen LogP contribution in [0.3, 0.4) is 0 Å². The van der Waals surface area contributed by atoms with Crippen LogP contribution in [0.1, 0.15) is 17.2 Å². The van der Waals surface area contributed by atoms with Crippen molar-refractivity contribution in [1.82, 2.24) is 15.1 Å². The van der Waals surface area contributed by atoms with Crippen molar-refractivity contribution in [1.29, 1.82) is 0 Å². The Bertz CT molecular complexity index is 512. The van der Waals surface area contributed by atoms with E-state index in [0.29, 0.717) is 18.7 Å². The average Bonchev–Trinajstić information content (AvgIpc) is 2.75. The molecule has 1 aromatic heterocycles. The molecule has 0 amide bonds. The first-order chi connectivity index (χ1) is 8.66. The molecule has 0 saturated carbocycles. The summed E-state index contributed by atoms with van der Waals surface area (Å²) < 4.78 is 15.1. The number of aryl methyl sites for hydroxylation is 1. The molecule has 0 fully saturated rings. The van der Waals surface area contributed by atoms with Crippen molar-refractivity contribution < 1.29 is 9.50 Å². The third kappa shape index (κ3) is 3.15. The molecule has 96 valence electrons. The number of benzene rings is 1. The maximum atomic E-state index is 13.4. The first kappa shape index (κ1) is 12.7. The fourth-order valence-corrected chi connectivity index (χ4v) is 1.77. The first-order valence-electron chi connectivity index (χ1n) is 5.77. The fraction of sp³-hybridized carbons (Fsp3) is 0.308. The van der Waals surface area contributed by atoms with E-state index in [0.717, 1.165) is 5.56 Å². The van der Waals surface area contributed by atoms with Crippen LogP contribution in [0.25, 0.3) is 0 Å². The van der Waals surface area contributed by atoms with Crippen LogP contribution in [0, 0.1) is 5.82 Å². The van der Waals surface area contributed by atoms with Crippen molar-refractivity contribution in [2.24, 2.45) is 7.05 Å². The molecule has 1 unspecified atom stereocenters. The predicted molar refractivity (Wildman–Crippen MR) is 66.3 cm³/mol. The van der Waals surface area contributed by atoms with Crippen LogP contribution in [0.15, 0.2) is 36.7 Å². The van der Waals surface area contributed by atoms with Crippen LogP contribution in [0.5, 0.6) is 0 Å². The van der Waals surface area contributed by atoms with Crippen LogP contribution >= 0.6 is 0 Å². The second-order valence-corrected chi connectivity index (χ2v) is 4.19. The zero-order valence-corrected chi connectivity index (χ0v) is 10.2. The van der Waals surface area contributed by atoms with Gasteiger partial charge in [-0.1, -0.05) is 18.2 Å². The molecule has 0 saturated heterocycles. The Morgan fingerprint density at radius 1 is 1.44 bits per heavy atom. The molecule has 0 radical (unpaired) electrons. The molecule has 1 aromatic carbocycles. The van der Waals surface area contributed by atoms with E-state index in [9.17, 15) is 9.50 Å². The van der Waals surface area contributed by atoms with Crippen LogP contribution in [-0.4, -0.2) is 21.4 Å². The smallest absolute Gasteiger partial charge is 0.129 e. The quantitative estimate of drug-likeness (QED) is 0.841. The number of nitrogens with zero attached hydrogens (tertiary/aromatic N) is 2. The van der Waals surface area contributed by atoms with Gasteiger partial charge < -0.3 is 10.4 Å². The van der Waals surface area contributed by atoms with Crippen LogP contribution < -0.4 is 5.32 Å². The zero-order valence-electron chi connectivity index (χ0n) is 10.2. The van der Waals surface area contributed by atoms with Gasteiger partial charge in [-0.3, -0.25) is 4.68 Å². The largest absolute Gasteiger partial charge is 0.387 e. The SMILES string of the molecule is Cn1cc(CNCC(O)c2ccccc2F)cn1. The predicted octanol–water partition coefficient (Wildman–Crippen LogP) is 1.38. The van der Waals surface area contributed by atoms with Gasteiger partial charge >= 0.3 is 0 Å². The Hall–Kier alpha value is -1.72. The topological polar surface area (TPSA) is 50.1 Å². The molecule has 0 aliphatic heterocycles. The number of hydrogen-bond donors (Lipinski definition) is 2. The lowest BCUT2D eigenvalue weighted by atomic mass is 10.1. The molecule has 5 heteroatoms. The fourth-order valence-electron chi connectivity index (χ4n) is 1.77. The molecule has 2 aromatic rings. The van der Waals surface area contributed by atoms with Crippen molar-refractivity contribution in [2.75, 3.05) is 6.54 Å². The minimum atomic E-state index is -0.845. The third-order valence-corrected chi connectivity index (χ3v) is 2.69. The van der Waals surface area contributed by atoms with Gasteiger partial charge in [0.25, 0.3) is 0 Å². The Kier molecular flexibility index (Phi) is 4.07. The van der Waals surface area contributed by atoms with Gasteiger partial charge in [0.2, 0.25) is 0 Å². The second kappa shape index (κ2) is 5.75. The van der Waals surface area contributed by atoms with Crippen LogP contribution in [-0.2, 0) is 13.6 Å². The molecule has 4 nitrogen and oxygen atoms in total. The van der Waals surface area contributed by atoms with Crippen LogP contribution in [0.2, 0.25) is 0 Å². The highest BCUT2D eigenvalue weighted by molar-refractivity contribution is 5.20. The summed E-state index contributed by atoms with van der Waals surface area (Å²) in [6, 6.07) is 6.25. The van der Waals surface area contributed by atoms with Gasteiger partial charge in [-0.15, -0.1) is 0 Å². The van der Waals surface area contributed by atoms with E-state index >= 15 is 0 Å². The lowest BCUT2D eigenvalue weighted by molar-refractivity contribution is 0.169. The number of rotatable bonds is 5. The first-order valence-corrected chi connectivity index (χ1v) is 5.77. The van der Waals surface area contributed by atoms with E-state index in [-0.39, 0.29) is 5.82 Å². The summed E-state index contributed by atoms with van der Waals surface area (Å²) in [5, 5.41) is 17.0. The molecule has 0 bridgehead atoms. The lowest BCUT2D eigenvalue weighted by Gasteiger charge is -2.12. The number of aromatic nitrogens is 2. The van der Waals surface area contributed by atoms with Gasteiger partial charge in [0.15, 0.2) is 0 Å². The van der Waals surface area contributed by atoms with Gasteiger partial charge in [0.1, 0.15) is 5.82 Å². The van der Waals surface area contributed by atoms with E-state index < -0.39 is 6.10 Å². The molecule has 2 N–H and O–H groups in total. The number of aliphatic hydroxyl groups is 1. The third-order valence-electron chi connectivity index (χ3n) is 2.69. The van der Waals surface area contributed by atoms with Gasteiger partial charge in [-0.05, 0) is 6.07 Å². The maximum Gasteiger partial charge on any atom is 0.129 e. The summed E-state index contributed by atoms with van der Waals surface area (Å²) in [6.07, 6.45) is 2.80. The zero-order chi connectivity index (χ0) is 13.0. The van der Waals surface area contributed by atoms with Gasteiger partial charge in [0.05, 0.1) is 12.3 Å². The molecule has 0 aliphatic rings. The lowest BCUT2D eigenvalue weighted by Crippen LogP contribution is -2.21. The maximum absolute atomic E-state index is 13.4. The highest BCUT2D eigenvalue weighted by atomic mass is 19.1. The molecular weight excluding hydrogens is 233 g/mol. The van der Waals surface area contributed by atoms with Crippen molar-refractivity contribution in [3.63, 3.8) is 0 Å². The summed E-state index contributed by atoms with van der Waals surface area (Å²) in [5.41, 5.74) is 1.34. The minimum absolute atomic E-state index is 0.301. The van der Waals surface area contributed by atoms with E-state index in [2.05, 4.69) is 10.4 Å². The van der Waals surface area contributed by atoms with Crippen LogP contribution in [0.4, 0.5) is 4.39 Å². The molecule has 2 rings (SSSR count). The molecule has 1 atom stereocenters. The number of nitrogens with one attached hydrogen (secondary N) is 1. The Balaban J connectivity index is 1.85. The van der Waals surface area contributed by atoms with E-state index in [1.54, 1.807) is 29.1 Å².